The smallest absolute Gasteiger partial charge is 0.257 e. The lowest BCUT2D eigenvalue weighted by atomic mass is 10.2. The van der Waals surface area contributed by atoms with Crippen LogP contribution < -0.4 is 19.7 Å². The quantitative estimate of drug-likeness (QED) is 0.831. The summed E-state index contributed by atoms with van der Waals surface area (Å²) in [5.41, 5.74) is 0.391. The maximum Gasteiger partial charge on any atom is 0.257 e. The van der Waals surface area contributed by atoms with E-state index in [0.717, 1.165) is 0 Å². The second kappa shape index (κ2) is 8.55. The Morgan fingerprint density at radius 3 is 2.11 bits per heavy atom. The molecule has 0 saturated carbocycles. The SMILES string of the molecule is COc1cc(OC)cc(C(=O)Nc2ccc(N3CCN(C(C)=O)CC3)nn2)c1. The van der Waals surface area contributed by atoms with Gasteiger partial charge in [0.25, 0.3) is 5.91 Å². The molecule has 1 N–H and O–H groups in total. The normalized spacial score (nSPS) is 13.8. The number of hydrogen-bond acceptors (Lipinski definition) is 7. The second-order valence-electron chi connectivity index (χ2n) is 6.33. The van der Waals surface area contributed by atoms with Crippen molar-refractivity contribution in [3.8, 4) is 11.5 Å². The highest BCUT2D eigenvalue weighted by molar-refractivity contribution is 6.04. The molecule has 3 rings (SSSR count). The van der Waals surface area contributed by atoms with Gasteiger partial charge in [0.1, 0.15) is 11.5 Å². The number of aromatic nitrogens is 2. The third-order valence-electron chi connectivity index (χ3n) is 4.55. The van der Waals surface area contributed by atoms with Gasteiger partial charge in [-0.15, -0.1) is 10.2 Å². The van der Waals surface area contributed by atoms with Crippen LogP contribution in [-0.2, 0) is 4.79 Å². The van der Waals surface area contributed by atoms with Gasteiger partial charge in [0.15, 0.2) is 11.6 Å². The molecule has 1 saturated heterocycles. The zero-order valence-electron chi connectivity index (χ0n) is 16.1. The Labute approximate surface area is 163 Å². The van der Waals surface area contributed by atoms with Crippen LogP contribution in [0.4, 0.5) is 11.6 Å². The number of benzene rings is 1. The van der Waals surface area contributed by atoms with Gasteiger partial charge in [-0.1, -0.05) is 0 Å². The fraction of sp³-hybridized carbons (Fsp3) is 0.368. The van der Waals surface area contributed by atoms with Crippen molar-refractivity contribution in [2.45, 2.75) is 6.92 Å². The van der Waals surface area contributed by atoms with Crippen LogP contribution in [0.1, 0.15) is 17.3 Å². The van der Waals surface area contributed by atoms with Crippen LogP contribution in [0.15, 0.2) is 30.3 Å². The Morgan fingerprint density at radius 1 is 0.964 bits per heavy atom. The fourth-order valence-electron chi connectivity index (χ4n) is 2.94. The van der Waals surface area contributed by atoms with E-state index in [1.54, 1.807) is 42.2 Å². The van der Waals surface area contributed by atoms with Crippen molar-refractivity contribution in [3.05, 3.63) is 35.9 Å². The van der Waals surface area contributed by atoms with E-state index in [4.69, 9.17) is 9.47 Å². The molecule has 0 spiro atoms. The molecule has 0 atom stereocenters. The number of rotatable bonds is 5. The minimum atomic E-state index is -0.339. The first-order chi connectivity index (χ1) is 13.5. The van der Waals surface area contributed by atoms with Gasteiger partial charge in [0, 0.05) is 44.7 Å². The number of piperazine rings is 1. The Bertz CT molecular complexity index is 826. The van der Waals surface area contributed by atoms with Gasteiger partial charge in [0.2, 0.25) is 5.91 Å². The molecule has 1 aromatic carbocycles. The summed E-state index contributed by atoms with van der Waals surface area (Å²) in [6.45, 7) is 4.29. The molecule has 2 aromatic rings. The van der Waals surface area contributed by atoms with Crippen LogP contribution >= 0.6 is 0 Å². The number of amides is 2. The standard InChI is InChI=1S/C19H23N5O4/c1-13(25)23-6-8-24(9-7-23)18-5-4-17(21-22-18)20-19(26)14-10-15(27-2)12-16(11-14)28-3/h4-5,10-12H,6-9H2,1-3H3,(H,20,21,26). The van der Waals surface area contributed by atoms with Crippen molar-refractivity contribution in [1.29, 1.82) is 0 Å². The molecule has 9 nitrogen and oxygen atoms in total. The molecular weight excluding hydrogens is 362 g/mol. The molecule has 2 heterocycles. The summed E-state index contributed by atoms with van der Waals surface area (Å²) in [5.74, 6) is 1.85. The second-order valence-corrected chi connectivity index (χ2v) is 6.33. The fourth-order valence-corrected chi connectivity index (χ4v) is 2.94. The predicted octanol–water partition coefficient (Wildman–Crippen LogP) is 1.41. The van der Waals surface area contributed by atoms with Gasteiger partial charge in [-0.25, -0.2) is 0 Å². The van der Waals surface area contributed by atoms with Crippen molar-refractivity contribution in [2.24, 2.45) is 0 Å². The molecule has 1 aromatic heterocycles. The van der Waals surface area contributed by atoms with E-state index in [2.05, 4.69) is 20.4 Å². The molecule has 2 amide bonds. The third kappa shape index (κ3) is 4.48. The largest absolute Gasteiger partial charge is 0.497 e. The van der Waals surface area contributed by atoms with E-state index in [1.807, 2.05) is 0 Å². The highest BCUT2D eigenvalue weighted by Crippen LogP contribution is 2.23. The van der Waals surface area contributed by atoms with E-state index in [0.29, 0.717) is 54.9 Å². The van der Waals surface area contributed by atoms with Gasteiger partial charge in [-0.05, 0) is 24.3 Å². The minimum absolute atomic E-state index is 0.0815. The molecule has 1 aliphatic heterocycles. The number of nitrogens with one attached hydrogen (secondary N) is 1. The Kier molecular flexibility index (Phi) is 5.93. The number of carbonyl (C=O) groups is 2. The number of nitrogens with zero attached hydrogens (tertiary/aromatic N) is 4. The number of methoxy groups -OCH3 is 2. The van der Waals surface area contributed by atoms with E-state index in [1.165, 1.54) is 14.2 Å². The van der Waals surface area contributed by atoms with E-state index < -0.39 is 0 Å². The molecule has 0 bridgehead atoms. The maximum absolute atomic E-state index is 12.5. The summed E-state index contributed by atoms with van der Waals surface area (Å²) in [6, 6.07) is 8.44. The first kappa shape index (κ1) is 19.4. The summed E-state index contributed by atoms with van der Waals surface area (Å²) in [7, 11) is 3.05. The van der Waals surface area contributed by atoms with Crippen LogP contribution in [-0.4, -0.2) is 67.3 Å². The number of ether oxygens (including phenoxy) is 2. The average Bonchev–Trinajstić information content (AvgIpc) is 2.73. The van der Waals surface area contributed by atoms with E-state index in [-0.39, 0.29) is 11.8 Å². The highest BCUT2D eigenvalue weighted by atomic mass is 16.5. The van der Waals surface area contributed by atoms with Gasteiger partial charge in [-0.2, -0.15) is 0 Å². The number of anilines is 2. The van der Waals surface area contributed by atoms with Crippen molar-refractivity contribution >= 4 is 23.5 Å². The minimum Gasteiger partial charge on any atom is -0.497 e. The summed E-state index contributed by atoms with van der Waals surface area (Å²) in [4.78, 5) is 27.8. The monoisotopic (exact) mass is 385 g/mol. The van der Waals surface area contributed by atoms with Gasteiger partial charge < -0.3 is 24.6 Å². The molecule has 28 heavy (non-hydrogen) atoms. The molecule has 9 heteroatoms. The first-order valence-corrected chi connectivity index (χ1v) is 8.89. The lowest BCUT2D eigenvalue weighted by Crippen LogP contribution is -2.48. The van der Waals surface area contributed by atoms with Crippen molar-refractivity contribution in [3.63, 3.8) is 0 Å². The lowest BCUT2D eigenvalue weighted by Gasteiger charge is -2.34. The number of hydrogen-bond donors (Lipinski definition) is 1. The zero-order valence-corrected chi connectivity index (χ0v) is 16.1. The molecular formula is C19H23N5O4. The van der Waals surface area contributed by atoms with Crippen LogP contribution in [0.3, 0.4) is 0 Å². The van der Waals surface area contributed by atoms with Crippen LogP contribution in [0.25, 0.3) is 0 Å². The topological polar surface area (TPSA) is 96.9 Å². The van der Waals surface area contributed by atoms with Gasteiger partial charge in [-0.3, -0.25) is 9.59 Å². The van der Waals surface area contributed by atoms with Gasteiger partial charge in [0.05, 0.1) is 14.2 Å². The average molecular weight is 385 g/mol. The lowest BCUT2D eigenvalue weighted by molar-refractivity contribution is -0.129. The van der Waals surface area contributed by atoms with Crippen molar-refractivity contribution in [1.82, 2.24) is 15.1 Å². The molecule has 148 valence electrons. The van der Waals surface area contributed by atoms with Crippen molar-refractivity contribution < 1.29 is 19.1 Å². The zero-order chi connectivity index (χ0) is 20.1. The summed E-state index contributed by atoms with van der Waals surface area (Å²) < 4.78 is 10.4. The van der Waals surface area contributed by atoms with E-state index in [9.17, 15) is 9.59 Å². The van der Waals surface area contributed by atoms with Crippen LogP contribution in [0.5, 0.6) is 11.5 Å². The summed E-state index contributed by atoms with van der Waals surface area (Å²) in [5, 5.41) is 11.0. The molecule has 1 aliphatic rings. The summed E-state index contributed by atoms with van der Waals surface area (Å²) in [6.07, 6.45) is 0. The Balaban J connectivity index is 1.64. The van der Waals surface area contributed by atoms with E-state index >= 15 is 0 Å². The molecule has 0 radical (unpaired) electrons. The maximum atomic E-state index is 12.5. The van der Waals surface area contributed by atoms with Gasteiger partial charge >= 0.3 is 0 Å². The highest BCUT2D eigenvalue weighted by Gasteiger charge is 2.20. The third-order valence-corrected chi connectivity index (χ3v) is 4.55. The molecule has 0 aliphatic carbocycles. The first-order valence-electron chi connectivity index (χ1n) is 8.89. The van der Waals surface area contributed by atoms with Crippen LogP contribution in [0.2, 0.25) is 0 Å². The number of carbonyl (C=O) groups excluding carboxylic acids is 2. The van der Waals surface area contributed by atoms with Crippen LogP contribution in [0, 0.1) is 0 Å². The van der Waals surface area contributed by atoms with Crippen molar-refractivity contribution in [2.75, 3.05) is 50.6 Å². The predicted molar refractivity (Wildman–Crippen MR) is 104 cm³/mol. The molecule has 0 unspecified atom stereocenters. The Hall–Kier alpha value is -3.36. The Morgan fingerprint density at radius 2 is 1.61 bits per heavy atom. The molecule has 1 fully saturated rings. The summed E-state index contributed by atoms with van der Waals surface area (Å²) >= 11 is 0.